The standard InChI is InChI=1S/C16H20ClF3N2O2S2/c1-25-14-10-22(9-13(14)21-6-2-3-7-21)26(23,24)15-8-11(16(18,19)20)4-5-12(15)17/h4-5,8,13-14H,2-3,6-7,9-10H2,1H3. The topological polar surface area (TPSA) is 40.6 Å². The van der Waals surface area contributed by atoms with Crippen molar-refractivity contribution in [1.29, 1.82) is 0 Å². The number of hydrogen-bond acceptors (Lipinski definition) is 4. The highest BCUT2D eigenvalue weighted by Crippen LogP contribution is 2.37. The van der Waals surface area contributed by atoms with E-state index in [1.165, 1.54) is 4.31 Å². The highest BCUT2D eigenvalue weighted by Gasteiger charge is 2.43. The number of alkyl halides is 3. The van der Waals surface area contributed by atoms with Gasteiger partial charge in [-0.15, -0.1) is 0 Å². The van der Waals surface area contributed by atoms with Gasteiger partial charge in [-0.1, -0.05) is 11.6 Å². The smallest absolute Gasteiger partial charge is 0.298 e. The minimum Gasteiger partial charge on any atom is -0.298 e. The van der Waals surface area contributed by atoms with Crippen LogP contribution >= 0.6 is 23.4 Å². The number of rotatable bonds is 4. The summed E-state index contributed by atoms with van der Waals surface area (Å²) in [5.74, 6) is 0. The van der Waals surface area contributed by atoms with Crippen molar-refractivity contribution in [1.82, 2.24) is 9.21 Å². The maximum Gasteiger partial charge on any atom is 0.416 e. The Balaban J connectivity index is 1.91. The molecule has 2 aliphatic heterocycles. The molecular formula is C16H20ClF3N2O2S2. The first-order valence-corrected chi connectivity index (χ1v) is 11.4. The lowest BCUT2D eigenvalue weighted by Gasteiger charge is -2.27. The van der Waals surface area contributed by atoms with E-state index >= 15 is 0 Å². The molecule has 2 unspecified atom stereocenters. The predicted octanol–water partition coefficient (Wildman–Crippen LogP) is 3.56. The fourth-order valence-corrected chi connectivity index (χ4v) is 6.57. The third-order valence-corrected chi connectivity index (χ3v) is 8.37. The van der Waals surface area contributed by atoms with E-state index in [1.807, 2.05) is 6.26 Å². The maximum atomic E-state index is 13.0. The molecule has 0 spiro atoms. The molecule has 2 saturated heterocycles. The molecule has 10 heteroatoms. The molecule has 3 rings (SSSR count). The summed E-state index contributed by atoms with van der Waals surface area (Å²) >= 11 is 7.55. The Morgan fingerprint density at radius 2 is 1.85 bits per heavy atom. The first kappa shape index (κ1) is 20.3. The first-order chi connectivity index (χ1) is 12.1. The van der Waals surface area contributed by atoms with Gasteiger partial charge < -0.3 is 0 Å². The van der Waals surface area contributed by atoms with Crippen molar-refractivity contribution in [3.63, 3.8) is 0 Å². The van der Waals surface area contributed by atoms with Crippen LogP contribution in [0.4, 0.5) is 13.2 Å². The molecule has 2 fully saturated rings. The molecule has 0 aromatic heterocycles. The Morgan fingerprint density at radius 3 is 2.42 bits per heavy atom. The number of nitrogens with zero attached hydrogens (tertiary/aromatic N) is 2. The van der Waals surface area contributed by atoms with Gasteiger partial charge in [0.05, 0.1) is 10.6 Å². The molecule has 2 heterocycles. The molecule has 2 atom stereocenters. The second-order valence-corrected chi connectivity index (χ2v) is 9.94. The van der Waals surface area contributed by atoms with Gasteiger partial charge in [-0.2, -0.15) is 29.2 Å². The Morgan fingerprint density at radius 1 is 1.19 bits per heavy atom. The van der Waals surface area contributed by atoms with Crippen LogP contribution in [0.3, 0.4) is 0 Å². The lowest BCUT2D eigenvalue weighted by molar-refractivity contribution is -0.137. The molecule has 0 N–H and O–H groups in total. The summed E-state index contributed by atoms with van der Waals surface area (Å²) in [5.41, 5.74) is -1.02. The number of thioether (sulfide) groups is 1. The van der Waals surface area contributed by atoms with Crippen molar-refractivity contribution in [3.8, 4) is 0 Å². The summed E-state index contributed by atoms with van der Waals surface area (Å²) in [5, 5.41) is -0.101. The van der Waals surface area contributed by atoms with Gasteiger partial charge in [-0.05, 0) is 50.4 Å². The minimum absolute atomic E-state index is 0.0758. The molecule has 146 valence electrons. The van der Waals surface area contributed by atoms with Crippen LogP contribution in [0.15, 0.2) is 23.1 Å². The van der Waals surface area contributed by atoms with Crippen LogP contribution in [0.25, 0.3) is 0 Å². The molecule has 1 aromatic carbocycles. The summed E-state index contributed by atoms with van der Waals surface area (Å²) in [4.78, 5) is 1.81. The van der Waals surface area contributed by atoms with Crippen molar-refractivity contribution < 1.29 is 21.6 Å². The zero-order valence-corrected chi connectivity index (χ0v) is 16.6. The van der Waals surface area contributed by atoms with Crippen LogP contribution in [-0.2, 0) is 16.2 Å². The van der Waals surface area contributed by atoms with Crippen molar-refractivity contribution >= 4 is 33.4 Å². The molecule has 4 nitrogen and oxygen atoms in total. The average molecular weight is 429 g/mol. The Bertz CT molecular complexity index is 767. The van der Waals surface area contributed by atoms with E-state index in [-0.39, 0.29) is 29.4 Å². The van der Waals surface area contributed by atoms with E-state index in [0.29, 0.717) is 6.07 Å². The van der Waals surface area contributed by atoms with Crippen LogP contribution in [-0.4, -0.2) is 61.3 Å². The monoisotopic (exact) mass is 428 g/mol. The summed E-state index contributed by atoms with van der Waals surface area (Å²) in [6.45, 7) is 2.41. The van der Waals surface area contributed by atoms with Crippen molar-refractivity contribution in [3.05, 3.63) is 28.8 Å². The molecular weight excluding hydrogens is 409 g/mol. The lowest BCUT2D eigenvalue weighted by Crippen LogP contribution is -2.40. The van der Waals surface area contributed by atoms with Crippen LogP contribution in [0.5, 0.6) is 0 Å². The second kappa shape index (κ2) is 7.50. The second-order valence-electron chi connectivity index (χ2n) is 6.55. The van der Waals surface area contributed by atoms with E-state index in [1.54, 1.807) is 11.8 Å². The third-order valence-electron chi connectivity index (χ3n) is 4.99. The summed E-state index contributed by atoms with van der Waals surface area (Å²) in [6.07, 6.45) is -0.519. The third kappa shape index (κ3) is 3.87. The predicted molar refractivity (Wildman–Crippen MR) is 97.1 cm³/mol. The van der Waals surface area contributed by atoms with Gasteiger partial charge >= 0.3 is 6.18 Å². The summed E-state index contributed by atoms with van der Waals surface area (Å²) in [6, 6.07) is 2.50. The molecule has 0 radical (unpaired) electrons. The van der Waals surface area contributed by atoms with Gasteiger partial charge in [0.15, 0.2) is 0 Å². The minimum atomic E-state index is -4.63. The number of benzene rings is 1. The van der Waals surface area contributed by atoms with Crippen molar-refractivity contribution in [2.24, 2.45) is 0 Å². The Kier molecular flexibility index (Phi) is 5.85. The van der Waals surface area contributed by atoms with Gasteiger partial charge in [0.25, 0.3) is 0 Å². The van der Waals surface area contributed by atoms with Gasteiger partial charge in [0.1, 0.15) is 4.90 Å². The van der Waals surface area contributed by atoms with E-state index in [9.17, 15) is 21.6 Å². The fourth-order valence-electron chi connectivity index (χ4n) is 3.59. The molecule has 0 bridgehead atoms. The highest BCUT2D eigenvalue weighted by molar-refractivity contribution is 7.99. The maximum absolute atomic E-state index is 13.0. The van der Waals surface area contributed by atoms with Gasteiger partial charge in [0, 0.05) is 24.4 Å². The zero-order chi connectivity index (χ0) is 19.1. The molecule has 0 saturated carbocycles. The molecule has 0 aliphatic carbocycles. The zero-order valence-electron chi connectivity index (χ0n) is 14.2. The fraction of sp³-hybridized carbons (Fsp3) is 0.625. The Hall–Kier alpha value is -0.480. The van der Waals surface area contributed by atoms with Crippen LogP contribution in [0.1, 0.15) is 18.4 Å². The normalized spacial score (nSPS) is 25.9. The quantitative estimate of drug-likeness (QED) is 0.735. The lowest BCUT2D eigenvalue weighted by atomic mass is 10.2. The number of sulfonamides is 1. The molecule has 26 heavy (non-hydrogen) atoms. The van der Waals surface area contributed by atoms with Crippen molar-refractivity contribution in [2.45, 2.75) is 35.2 Å². The van der Waals surface area contributed by atoms with E-state index < -0.39 is 26.7 Å². The highest BCUT2D eigenvalue weighted by atomic mass is 35.5. The van der Waals surface area contributed by atoms with Crippen LogP contribution in [0, 0.1) is 0 Å². The number of likely N-dealkylation sites (tertiary alicyclic amines) is 1. The number of hydrogen-bond donors (Lipinski definition) is 0. The SMILES string of the molecule is CSC1CN(S(=O)(=O)c2cc(C(F)(F)F)ccc2Cl)CC1N1CCCC1. The van der Waals surface area contributed by atoms with E-state index in [0.717, 1.165) is 38.1 Å². The number of halogens is 4. The summed E-state index contributed by atoms with van der Waals surface area (Å²) < 4.78 is 66.2. The average Bonchev–Trinajstić information content (AvgIpc) is 3.23. The largest absolute Gasteiger partial charge is 0.416 e. The van der Waals surface area contributed by atoms with Gasteiger partial charge in [0.2, 0.25) is 10.0 Å². The van der Waals surface area contributed by atoms with E-state index in [2.05, 4.69) is 4.90 Å². The molecule has 1 aromatic rings. The Labute approximate surface area is 160 Å². The van der Waals surface area contributed by atoms with Crippen molar-refractivity contribution in [2.75, 3.05) is 32.4 Å². The van der Waals surface area contributed by atoms with E-state index in [4.69, 9.17) is 11.6 Å². The van der Waals surface area contributed by atoms with Gasteiger partial charge in [-0.3, -0.25) is 4.90 Å². The first-order valence-electron chi connectivity index (χ1n) is 8.28. The van der Waals surface area contributed by atoms with Crippen LogP contribution < -0.4 is 0 Å². The van der Waals surface area contributed by atoms with Crippen LogP contribution in [0.2, 0.25) is 5.02 Å². The van der Waals surface area contributed by atoms with Gasteiger partial charge in [-0.25, -0.2) is 8.42 Å². The molecule has 0 amide bonds. The molecule has 2 aliphatic rings. The summed E-state index contributed by atoms with van der Waals surface area (Å²) in [7, 11) is -4.10.